The molecule has 3 aromatic rings. The molecule has 7 heteroatoms. The number of halogens is 3. The average Bonchev–Trinajstić information content (AvgIpc) is 2.75. The van der Waals surface area contributed by atoms with Gasteiger partial charge >= 0.3 is 6.18 Å². The Kier molecular flexibility index (Phi) is 4.93. The molecule has 0 amide bonds. The van der Waals surface area contributed by atoms with Crippen LogP contribution in [-0.2, 0) is 19.3 Å². The summed E-state index contributed by atoms with van der Waals surface area (Å²) < 4.78 is 41.1. The van der Waals surface area contributed by atoms with Gasteiger partial charge in [0.1, 0.15) is 0 Å². The lowest BCUT2D eigenvalue weighted by molar-refractivity contribution is -0.137. The van der Waals surface area contributed by atoms with Gasteiger partial charge in [0.05, 0.1) is 11.3 Å². The molecule has 0 N–H and O–H groups in total. The van der Waals surface area contributed by atoms with Crippen molar-refractivity contribution in [1.82, 2.24) is 14.5 Å². The van der Waals surface area contributed by atoms with Crippen molar-refractivity contribution in [1.29, 1.82) is 0 Å². The van der Waals surface area contributed by atoms with Gasteiger partial charge in [-0.25, -0.2) is 0 Å². The maximum atomic E-state index is 13.2. The van der Waals surface area contributed by atoms with Crippen molar-refractivity contribution in [3.63, 3.8) is 0 Å². The molecule has 1 saturated heterocycles. The molecule has 2 atom stereocenters. The second-order valence-corrected chi connectivity index (χ2v) is 8.48. The first kappa shape index (κ1) is 20.0. The predicted octanol–water partition coefficient (Wildman–Crippen LogP) is 4.55. The van der Waals surface area contributed by atoms with E-state index in [1.54, 1.807) is 22.9 Å². The molecule has 2 aliphatic heterocycles. The van der Waals surface area contributed by atoms with Gasteiger partial charge in [-0.15, -0.1) is 0 Å². The first-order chi connectivity index (χ1) is 14.9. The number of likely N-dealkylation sites (tertiary alicyclic amines) is 1. The third-order valence-corrected chi connectivity index (χ3v) is 6.29. The monoisotopic (exact) mass is 425 g/mol. The lowest BCUT2D eigenvalue weighted by atomic mass is 9.82. The van der Waals surface area contributed by atoms with Gasteiger partial charge in [0, 0.05) is 49.6 Å². The van der Waals surface area contributed by atoms with Crippen LogP contribution in [0.4, 0.5) is 13.2 Å². The van der Waals surface area contributed by atoms with E-state index < -0.39 is 11.7 Å². The van der Waals surface area contributed by atoms with Gasteiger partial charge in [-0.05, 0) is 54.3 Å². The van der Waals surface area contributed by atoms with Gasteiger partial charge in [-0.1, -0.05) is 18.2 Å². The molecule has 2 bridgehead atoms. The summed E-state index contributed by atoms with van der Waals surface area (Å²) in [4.78, 5) is 20.0. The highest BCUT2D eigenvalue weighted by Crippen LogP contribution is 2.37. The highest BCUT2D eigenvalue weighted by Gasteiger charge is 2.35. The summed E-state index contributed by atoms with van der Waals surface area (Å²) in [6.45, 7) is 3.10. The summed E-state index contributed by atoms with van der Waals surface area (Å²) in [7, 11) is 0. The standard InChI is InChI=1S/C24H22F3N3O/c25-24(26,27)19-5-3-4-17(11-19)21-7-8-22-18-10-16(13-30(22)23(21)31)12-29(14-18)15-20-6-1-2-9-28-20/h1-9,11,16,18H,10,12-15H2. The minimum atomic E-state index is -4.44. The maximum absolute atomic E-state index is 13.2. The van der Waals surface area contributed by atoms with Crippen LogP contribution < -0.4 is 5.56 Å². The molecule has 2 aromatic heterocycles. The van der Waals surface area contributed by atoms with Crippen molar-refractivity contribution in [2.75, 3.05) is 13.1 Å². The zero-order valence-electron chi connectivity index (χ0n) is 16.8. The molecular weight excluding hydrogens is 403 g/mol. The topological polar surface area (TPSA) is 38.1 Å². The highest BCUT2D eigenvalue weighted by atomic mass is 19.4. The summed E-state index contributed by atoms with van der Waals surface area (Å²) >= 11 is 0. The predicted molar refractivity (Wildman–Crippen MR) is 112 cm³/mol. The van der Waals surface area contributed by atoms with E-state index in [-0.39, 0.29) is 11.5 Å². The second-order valence-electron chi connectivity index (χ2n) is 8.48. The molecule has 31 heavy (non-hydrogen) atoms. The normalized spacial score (nSPS) is 21.0. The smallest absolute Gasteiger partial charge is 0.311 e. The lowest BCUT2D eigenvalue weighted by Gasteiger charge is -2.42. The number of nitrogens with zero attached hydrogens (tertiary/aromatic N) is 3. The van der Waals surface area contributed by atoms with Gasteiger partial charge in [0.25, 0.3) is 5.56 Å². The fourth-order valence-corrected chi connectivity index (χ4v) is 4.98. The molecule has 160 valence electrons. The zero-order chi connectivity index (χ0) is 21.6. The number of pyridine rings is 2. The number of piperidine rings is 1. The number of hydrogen-bond acceptors (Lipinski definition) is 3. The molecule has 4 nitrogen and oxygen atoms in total. The van der Waals surface area contributed by atoms with E-state index in [9.17, 15) is 18.0 Å². The average molecular weight is 425 g/mol. The Labute approximate surface area is 178 Å². The first-order valence-corrected chi connectivity index (χ1v) is 10.4. The molecule has 2 unspecified atom stereocenters. The van der Waals surface area contributed by atoms with E-state index in [4.69, 9.17) is 0 Å². The van der Waals surface area contributed by atoms with Crippen LogP contribution in [0.1, 0.15) is 29.3 Å². The molecule has 5 rings (SSSR count). The molecule has 1 aromatic carbocycles. The maximum Gasteiger partial charge on any atom is 0.416 e. The summed E-state index contributed by atoms with van der Waals surface area (Å²) in [6, 6.07) is 14.5. The van der Waals surface area contributed by atoms with E-state index >= 15 is 0 Å². The molecule has 0 radical (unpaired) electrons. The Morgan fingerprint density at radius 1 is 1.00 bits per heavy atom. The van der Waals surface area contributed by atoms with Gasteiger partial charge in [-0.3, -0.25) is 14.7 Å². The number of fused-ring (bicyclic) bond motifs is 4. The Bertz CT molecular complexity index is 1160. The number of aromatic nitrogens is 2. The van der Waals surface area contributed by atoms with Gasteiger partial charge in [0.2, 0.25) is 0 Å². The lowest BCUT2D eigenvalue weighted by Crippen LogP contribution is -2.47. The van der Waals surface area contributed by atoms with Crippen LogP contribution in [0.15, 0.2) is 65.6 Å². The Hall–Kier alpha value is -2.93. The summed E-state index contributed by atoms with van der Waals surface area (Å²) in [6.07, 6.45) is -1.61. The minimum absolute atomic E-state index is 0.204. The van der Waals surface area contributed by atoms with Crippen molar-refractivity contribution in [3.05, 3.63) is 88.1 Å². The zero-order valence-corrected chi connectivity index (χ0v) is 16.8. The van der Waals surface area contributed by atoms with Crippen LogP contribution in [0.5, 0.6) is 0 Å². The van der Waals surface area contributed by atoms with E-state index in [1.807, 2.05) is 24.3 Å². The molecular formula is C24H22F3N3O. The Morgan fingerprint density at radius 2 is 1.87 bits per heavy atom. The second kappa shape index (κ2) is 7.64. The quantitative estimate of drug-likeness (QED) is 0.618. The van der Waals surface area contributed by atoms with Gasteiger partial charge < -0.3 is 4.57 Å². The van der Waals surface area contributed by atoms with Gasteiger partial charge in [0.15, 0.2) is 0 Å². The van der Waals surface area contributed by atoms with Crippen LogP contribution in [0.3, 0.4) is 0 Å². The van der Waals surface area contributed by atoms with Crippen molar-refractivity contribution in [3.8, 4) is 11.1 Å². The van der Waals surface area contributed by atoms with E-state index in [0.717, 1.165) is 49.6 Å². The number of alkyl halides is 3. The summed E-state index contributed by atoms with van der Waals surface area (Å²) in [5.41, 5.74) is 1.68. The van der Waals surface area contributed by atoms with Crippen LogP contribution >= 0.6 is 0 Å². The number of benzene rings is 1. The van der Waals surface area contributed by atoms with Crippen LogP contribution in [-0.4, -0.2) is 27.5 Å². The van der Waals surface area contributed by atoms with Crippen LogP contribution in [0, 0.1) is 5.92 Å². The first-order valence-electron chi connectivity index (χ1n) is 10.4. The third kappa shape index (κ3) is 3.90. The van der Waals surface area contributed by atoms with Crippen molar-refractivity contribution >= 4 is 0 Å². The van der Waals surface area contributed by atoms with E-state index in [0.29, 0.717) is 23.6 Å². The fraction of sp³-hybridized carbons (Fsp3) is 0.333. The highest BCUT2D eigenvalue weighted by molar-refractivity contribution is 5.63. The van der Waals surface area contributed by atoms with Crippen molar-refractivity contribution in [2.45, 2.75) is 31.6 Å². The summed E-state index contributed by atoms with van der Waals surface area (Å²) in [5.74, 6) is 0.573. The molecule has 0 saturated carbocycles. The van der Waals surface area contributed by atoms with Crippen LogP contribution in [0.25, 0.3) is 11.1 Å². The van der Waals surface area contributed by atoms with E-state index in [1.165, 1.54) is 6.07 Å². The molecule has 1 fully saturated rings. The van der Waals surface area contributed by atoms with Crippen LogP contribution in [0.2, 0.25) is 0 Å². The largest absolute Gasteiger partial charge is 0.416 e. The summed E-state index contributed by atoms with van der Waals surface area (Å²) in [5, 5.41) is 0. The molecule has 0 aliphatic carbocycles. The van der Waals surface area contributed by atoms with Gasteiger partial charge in [-0.2, -0.15) is 13.2 Å². The minimum Gasteiger partial charge on any atom is -0.311 e. The Balaban J connectivity index is 1.44. The number of hydrogen-bond donors (Lipinski definition) is 0. The molecule has 0 spiro atoms. The Morgan fingerprint density at radius 3 is 2.65 bits per heavy atom. The SMILES string of the molecule is O=c1c(-c2cccc(C(F)(F)F)c2)ccc2n1CC1CC2CN(Cc2ccccn2)C1. The van der Waals surface area contributed by atoms with E-state index in [2.05, 4.69) is 9.88 Å². The number of rotatable bonds is 3. The fourth-order valence-electron chi connectivity index (χ4n) is 4.98. The third-order valence-electron chi connectivity index (χ3n) is 6.29. The molecule has 2 aliphatic rings. The van der Waals surface area contributed by atoms with Crippen molar-refractivity contribution < 1.29 is 13.2 Å². The van der Waals surface area contributed by atoms with Crippen molar-refractivity contribution in [2.24, 2.45) is 5.92 Å². The molecule has 4 heterocycles.